The van der Waals surface area contributed by atoms with Crippen molar-refractivity contribution in [2.24, 2.45) is 5.92 Å². The van der Waals surface area contributed by atoms with E-state index in [0.717, 1.165) is 0 Å². The summed E-state index contributed by atoms with van der Waals surface area (Å²) in [6.07, 6.45) is -10.7. The lowest BCUT2D eigenvalue weighted by Crippen LogP contribution is -2.61. The smallest absolute Gasteiger partial charge is 0.408 e. The summed E-state index contributed by atoms with van der Waals surface area (Å²) in [6, 6.07) is 36.4. The molecule has 0 unspecified atom stereocenters. The van der Waals surface area contributed by atoms with Crippen LogP contribution in [0, 0.1) is 5.92 Å². The maximum atomic E-state index is 15.4. The molecule has 0 spiro atoms. The van der Waals surface area contributed by atoms with Crippen molar-refractivity contribution >= 4 is 83.6 Å². The highest BCUT2D eigenvalue weighted by atomic mass is 16.6. The largest absolute Gasteiger partial charge is 0.445 e. The van der Waals surface area contributed by atoms with E-state index < -0.39 is 189 Å². The van der Waals surface area contributed by atoms with E-state index in [1.807, 2.05) is 0 Å². The summed E-state index contributed by atoms with van der Waals surface area (Å²) < 4.78 is 26.9. The highest BCUT2D eigenvalue weighted by Gasteiger charge is 2.38. The lowest BCUT2D eigenvalue weighted by molar-refractivity contribution is -0.136. The van der Waals surface area contributed by atoms with Crippen molar-refractivity contribution in [3.8, 4) is 0 Å². The lowest BCUT2D eigenvalue weighted by atomic mass is 10.00. The summed E-state index contributed by atoms with van der Waals surface area (Å²) in [7, 11) is 0. The van der Waals surface area contributed by atoms with E-state index in [9.17, 15) is 53.4 Å². The number of carbonyl (C=O) groups excluding carboxylic acids is 14. The normalized spacial score (nSPS) is 18.8. The Labute approximate surface area is 695 Å². The molecule has 14 amide bonds. The molecule has 16 N–H and O–H groups in total. The fourth-order valence-corrected chi connectivity index (χ4v) is 12.1. The van der Waals surface area contributed by atoms with E-state index in [4.69, 9.17) is 23.7 Å². The van der Waals surface area contributed by atoms with Crippen molar-refractivity contribution in [2.75, 3.05) is 32.7 Å². The number of nitrogens with one attached hydrogen (secondary N) is 14. The number of amides is 14. The van der Waals surface area contributed by atoms with Gasteiger partial charge >= 0.3 is 30.5 Å². The third-order valence-corrected chi connectivity index (χ3v) is 18.6. The first kappa shape index (κ1) is 94.0. The SMILES string of the molecule is CC(C)C[C@@H]1NC(=O)[C@@H](Cc2ccccc2)NC(=O)[C@H](CCNC(=O)OCc2ccccc2)NC(=O)[C@@H](NC(=O)[C@H](CCNC(=O)OCc2ccccc2)NC(=O)[C@@H](NC(=O)OCc2ccccc2)[C@@H](C)O)CCCCNC(=O)[C@H]([C@@H](C)O)NC(=O)[C@H](CCNC(=O)OCc2ccccc2)NC(=O)[C@H](CCNC(=O)OCc2ccccc2)NC1=O. The molecule has 1 heterocycles. The Morgan fingerprint density at radius 2 is 0.725 bits per heavy atom. The molecule has 1 saturated heterocycles. The van der Waals surface area contributed by atoms with Gasteiger partial charge in [0.15, 0.2) is 0 Å². The number of ether oxygens (including phenoxy) is 5. The van der Waals surface area contributed by atoms with Gasteiger partial charge in [0.1, 0.15) is 87.4 Å². The van der Waals surface area contributed by atoms with Crippen molar-refractivity contribution in [1.29, 1.82) is 0 Å². The van der Waals surface area contributed by atoms with E-state index in [2.05, 4.69) is 74.4 Å². The number of benzene rings is 6. The van der Waals surface area contributed by atoms with Gasteiger partial charge in [0, 0.05) is 39.1 Å². The molecule has 644 valence electrons. The molecule has 11 atom stereocenters. The summed E-state index contributed by atoms with van der Waals surface area (Å²) in [6.45, 7) is 3.25. The molecule has 0 saturated carbocycles. The van der Waals surface area contributed by atoms with Crippen LogP contribution < -0.4 is 74.4 Å². The average molecular weight is 1660 g/mol. The number of hydrogen-bond donors (Lipinski definition) is 16. The highest BCUT2D eigenvalue weighted by molar-refractivity contribution is 5.99. The predicted molar refractivity (Wildman–Crippen MR) is 436 cm³/mol. The number of alkyl carbamates (subject to hydrolysis) is 5. The fourth-order valence-electron chi connectivity index (χ4n) is 12.1. The van der Waals surface area contributed by atoms with Crippen molar-refractivity contribution in [3.05, 3.63) is 215 Å². The van der Waals surface area contributed by atoms with Gasteiger partial charge in [-0.05, 0) is 105 Å². The number of hydrogen-bond acceptors (Lipinski definition) is 21. The summed E-state index contributed by atoms with van der Waals surface area (Å²) in [5.41, 5.74) is 3.65. The van der Waals surface area contributed by atoms with Crippen LogP contribution in [0.15, 0.2) is 182 Å². The van der Waals surface area contributed by atoms with Crippen molar-refractivity contribution < 1.29 is 101 Å². The molecule has 7 rings (SSSR count). The van der Waals surface area contributed by atoms with Crippen LogP contribution in [-0.4, -0.2) is 193 Å². The maximum Gasteiger partial charge on any atom is 0.408 e. The van der Waals surface area contributed by atoms with Crippen LogP contribution in [0.25, 0.3) is 0 Å². The summed E-state index contributed by atoms with van der Waals surface area (Å²) >= 11 is 0. The maximum absolute atomic E-state index is 15.4. The number of carbonyl (C=O) groups is 14. The van der Waals surface area contributed by atoms with Gasteiger partial charge in [0.05, 0.1) is 12.2 Å². The van der Waals surface area contributed by atoms with Crippen molar-refractivity contribution in [3.63, 3.8) is 0 Å². The van der Waals surface area contributed by atoms with Gasteiger partial charge in [-0.2, -0.15) is 0 Å². The van der Waals surface area contributed by atoms with E-state index in [-0.39, 0.29) is 90.7 Å². The molecule has 1 aliphatic rings. The van der Waals surface area contributed by atoms with E-state index >= 15 is 24.0 Å². The fraction of sp³-hybridized carbons (Fsp3) is 0.412. The van der Waals surface area contributed by atoms with Crippen LogP contribution in [-0.2, 0) is 106 Å². The molecule has 0 aromatic heterocycles. The molecular formula is C85H108N14O21. The first-order valence-electron chi connectivity index (χ1n) is 39.6. The third kappa shape index (κ3) is 34.9. The number of aliphatic hydroxyl groups excluding tert-OH is 2. The van der Waals surface area contributed by atoms with Gasteiger partial charge in [0.25, 0.3) is 0 Å². The zero-order valence-electron chi connectivity index (χ0n) is 67.3. The van der Waals surface area contributed by atoms with Gasteiger partial charge in [-0.1, -0.05) is 196 Å². The minimum Gasteiger partial charge on any atom is -0.445 e. The van der Waals surface area contributed by atoms with Gasteiger partial charge in [-0.3, -0.25) is 43.2 Å². The quantitative estimate of drug-likeness (QED) is 0.0261. The Kier molecular flexibility index (Phi) is 40.0. The zero-order valence-corrected chi connectivity index (χ0v) is 67.3. The molecule has 1 fully saturated rings. The molecule has 35 heteroatoms. The van der Waals surface area contributed by atoms with Crippen molar-refractivity contribution in [2.45, 2.75) is 185 Å². The molecule has 6 aromatic carbocycles. The van der Waals surface area contributed by atoms with Crippen LogP contribution in [0.3, 0.4) is 0 Å². The molecule has 35 nitrogen and oxygen atoms in total. The number of rotatable bonds is 33. The average Bonchev–Trinajstić information content (AvgIpc) is 0.915. The van der Waals surface area contributed by atoms with E-state index in [0.29, 0.717) is 33.4 Å². The molecule has 6 aromatic rings. The van der Waals surface area contributed by atoms with Crippen LogP contribution in [0.2, 0.25) is 0 Å². The Morgan fingerprint density at radius 1 is 0.383 bits per heavy atom. The first-order valence-corrected chi connectivity index (χ1v) is 39.6. The van der Waals surface area contributed by atoms with Crippen LogP contribution in [0.4, 0.5) is 24.0 Å². The van der Waals surface area contributed by atoms with E-state index in [1.54, 1.807) is 196 Å². The second kappa shape index (κ2) is 51.1. The summed E-state index contributed by atoms with van der Waals surface area (Å²) in [5, 5.41) is 58.3. The van der Waals surface area contributed by atoms with Gasteiger partial charge in [-0.15, -0.1) is 0 Å². The molecule has 1 aliphatic heterocycles. The Bertz CT molecular complexity index is 4280. The number of aliphatic hydroxyl groups is 2. The molecule has 120 heavy (non-hydrogen) atoms. The highest BCUT2D eigenvalue weighted by Crippen LogP contribution is 2.15. The molecule has 0 aliphatic carbocycles. The third-order valence-electron chi connectivity index (χ3n) is 18.6. The standard InChI is InChI=1S/C85H108N14O21/c1-54(2)47-68-77(107)94-64(38-43-87-81(111)116-49-58-27-13-6-14-28-58)73(103)93-67(41-46-90-84(114)119-52-61-33-19-9-20-34-61)76(106)98-70(55(3)100)79(109)86-42-24-23-37-63(72(102)92-65(39-44-88-82(112)117-50-59-29-15-7-16-30-59)75(105)97-69(78(108)96-68)48-57-25-11-5-12-26-57)91-74(104)66(40-45-89-83(113)118-51-60-31-17-8-18-32-60)95-80(110)71(56(4)101)99-85(115)120-53-62-35-21-10-22-36-62/h5-22,25-36,54-56,63-71,100-101H,23-24,37-53H2,1-4H3,(H,86,109)(H,87,111)(H,88,112)(H,89,113)(H,90,114)(H,91,104)(H,92,102)(H,93,103)(H,94,107)(H,95,110)(H,96,108)(H,97,105)(H,98,106)(H,99,115)/t55-,56-,63+,64+,65+,66+,67+,68+,69-,70+,71+/m1/s1. The van der Waals surface area contributed by atoms with Gasteiger partial charge < -0.3 is 108 Å². The van der Waals surface area contributed by atoms with Gasteiger partial charge in [0.2, 0.25) is 53.2 Å². The van der Waals surface area contributed by atoms with Crippen LogP contribution in [0.5, 0.6) is 0 Å². The molecular weight excluding hydrogens is 1550 g/mol. The Balaban J connectivity index is 1.25. The van der Waals surface area contributed by atoms with E-state index in [1.165, 1.54) is 13.8 Å². The van der Waals surface area contributed by atoms with Crippen molar-refractivity contribution in [1.82, 2.24) is 74.4 Å². The second-order valence-electron chi connectivity index (χ2n) is 28.8. The Morgan fingerprint density at radius 3 is 1.12 bits per heavy atom. The second-order valence-corrected chi connectivity index (χ2v) is 28.8. The monoisotopic (exact) mass is 1660 g/mol. The van der Waals surface area contributed by atoms with Crippen LogP contribution in [0.1, 0.15) is 112 Å². The lowest BCUT2D eigenvalue weighted by Gasteiger charge is -2.29. The van der Waals surface area contributed by atoms with Crippen LogP contribution >= 0.6 is 0 Å². The Hall–Kier alpha value is -13.2. The topological polar surface area (TPSA) is 494 Å². The molecule has 0 bridgehead atoms. The first-order chi connectivity index (χ1) is 57.8. The minimum atomic E-state index is -1.79. The summed E-state index contributed by atoms with van der Waals surface area (Å²) in [5.74, 6) is -9.79. The zero-order chi connectivity index (χ0) is 86.6. The molecule has 0 radical (unpaired) electrons. The predicted octanol–water partition coefficient (Wildman–Crippen LogP) is 3.78. The minimum absolute atomic E-state index is 0.0341. The van der Waals surface area contributed by atoms with Gasteiger partial charge in [-0.25, -0.2) is 24.0 Å². The summed E-state index contributed by atoms with van der Waals surface area (Å²) in [4.78, 5) is 200.